The van der Waals surface area contributed by atoms with Crippen molar-refractivity contribution in [3.63, 3.8) is 0 Å². The van der Waals surface area contributed by atoms with Gasteiger partial charge in [-0.25, -0.2) is 0 Å². The van der Waals surface area contributed by atoms with Crippen molar-refractivity contribution < 1.29 is 0 Å². The Hall–Kier alpha value is -0.340. The van der Waals surface area contributed by atoms with Gasteiger partial charge in [-0.3, -0.25) is 0 Å². The highest BCUT2D eigenvalue weighted by Crippen LogP contribution is 2.65. The first kappa shape index (κ1) is 7.10. The van der Waals surface area contributed by atoms with Crippen molar-refractivity contribution in [1.29, 1.82) is 0 Å². The molecule has 0 aromatic carbocycles. The molecule has 0 spiro atoms. The van der Waals surface area contributed by atoms with Gasteiger partial charge in [-0.2, -0.15) is 0 Å². The van der Waals surface area contributed by atoms with Gasteiger partial charge in [0.15, 0.2) is 0 Å². The third-order valence-corrected chi connectivity index (χ3v) is 4.62. The van der Waals surface area contributed by atoms with Crippen LogP contribution in [0.1, 0.15) is 24.1 Å². The Morgan fingerprint density at radius 3 is 2.75 bits per heavy atom. The number of hydrogen-bond acceptors (Lipinski definition) is 2. The van der Waals surface area contributed by atoms with E-state index < -0.39 is 0 Å². The number of hydrogen-bond donors (Lipinski definition) is 1. The molecule has 2 atom stereocenters. The van der Waals surface area contributed by atoms with Crippen LogP contribution in [0.5, 0.6) is 0 Å². The normalized spacial score (nSPS) is 44.4. The van der Waals surface area contributed by atoms with E-state index in [4.69, 9.17) is 5.73 Å². The quantitative estimate of drug-likeness (QED) is 0.703. The van der Waals surface area contributed by atoms with Crippen molar-refractivity contribution in [2.45, 2.75) is 24.8 Å². The molecule has 12 heavy (non-hydrogen) atoms. The van der Waals surface area contributed by atoms with Gasteiger partial charge >= 0.3 is 0 Å². The van der Waals surface area contributed by atoms with Gasteiger partial charge in [-0.05, 0) is 36.1 Å². The molecule has 2 aliphatic carbocycles. The molecule has 1 aromatic rings. The summed E-state index contributed by atoms with van der Waals surface area (Å²) in [5.41, 5.74) is 6.48. The second-order valence-electron chi connectivity index (χ2n) is 4.05. The van der Waals surface area contributed by atoms with E-state index in [-0.39, 0.29) is 5.54 Å². The zero-order chi connectivity index (χ0) is 8.18. The molecule has 0 amide bonds. The van der Waals surface area contributed by atoms with Crippen LogP contribution in [0.4, 0.5) is 0 Å². The summed E-state index contributed by atoms with van der Waals surface area (Å²) in [6.45, 7) is 0. The van der Waals surface area contributed by atoms with Gasteiger partial charge in [-0.15, -0.1) is 11.3 Å². The summed E-state index contributed by atoms with van der Waals surface area (Å²) < 4.78 is 0. The maximum atomic E-state index is 6.37. The largest absolute Gasteiger partial charge is 0.320 e. The number of rotatable bonds is 1. The Morgan fingerprint density at radius 1 is 1.42 bits per heavy atom. The first-order chi connectivity index (χ1) is 5.83. The highest BCUT2D eigenvalue weighted by molar-refractivity contribution is 7.10. The molecule has 2 saturated carbocycles. The molecule has 0 bridgehead atoms. The molecular formula is C10H13NS. The van der Waals surface area contributed by atoms with Gasteiger partial charge in [-0.1, -0.05) is 12.5 Å². The number of nitrogens with two attached hydrogens (primary N) is 1. The highest BCUT2D eigenvalue weighted by atomic mass is 32.1. The minimum atomic E-state index is 0.104. The summed E-state index contributed by atoms with van der Waals surface area (Å²) >= 11 is 1.82. The van der Waals surface area contributed by atoms with Gasteiger partial charge in [0.25, 0.3) is 0 Å². The first-order valence-corrected chi connectivity index (χ1v) is 5.54. The van der Waals surface area contributed by atoms with E-state index in [2.05, 4.69) is 17.5 Å². The van der Waals surface area contributed by atoms with Crippen LogP contribution in [-0.2, 0) is 5.54 Å². The maximum Gasteiger partial charge on any atom is 0.0567 e. The lowest BCUT2D eigenvalue weighted by atomic mass is 10.0. The third kappa shape index (κ3) is 0.679. The van der Waals surface area contributed by atoms with Gasteiger partial charge in [0.05, 0.1) is 5.54 Å². The fraction of sp³-hybridized carbons (Fsp3) is 0.600. The lowest BCUT2D eigenvalue weighted by Crippen LogP contribution is -2.24. The van der Waals surface area contributed by atoms with E-state index in [0.717, 1.165) is 11.8 Å². The highest BCUT2D eigenvalue weighted by Gasteiger charge is 2.64. The smallest absolute Gasteiger partial charge is 0.0567 e. The SMILES string of the molecule is NC1(c2cccs2)C2CCCC21. The molecule has 2 unspecified atom stereocenters. The van der Waals surface area contributed by atoms with Crippen molar-refractivity contribution in [3.8, 4) is 0 Å². The number of fused-ring (bicyclic) bond motifs is 1. The fourth-order valence-electron chi connectivity index (χ4n) is 2.89. The standard InChI is InChI=1S/C10H13NS/c11-10(9-5-2-6-12-9)7-3-1-4-8(7)10/h2,5-8H,1,3-4,11H2. The Balaban J connectivity index is 1.96. The summed E-state index contributed by atoms with van der Waals surface area (Å²) in [4.78, 5) is 1.41. The predicted octanol–water partition coefficient (Wildman–Crippen LogP) is 2.33. The van der Waals surface area contributed by atoms with E-state index in [1.54, 1.807) is 0 Å². The summed E-state index contributed by atoms with van der Waals surface area (Å²) in [5.74, 6) is 1.63. The molecule has 64 valence electrons. The van der Waals surface area contributed by atoms with Crippen LogP contribution in [-0.4, -0.2) is 0 Å². The van der Waals surface area contributed by atoms with Crippen molar-refractivity contribution in [2.24, 2.45) is 17.6 Å². The Morgan fingerprint density at radius 2 is 2.17 bits per heavy atom. The lowest BCUT2D eigenvalue weighted by molar-refractivity contribution is 0.535. The third-order valence-electron chi connectivity index (χ3n) is 3.58. The zero-order valence-corrected chi connectivity index (χ0v) is 7.81. The number of thiophene rings is 1. The van der Waals surface area contributed by atoms with E-state index >= 15 is 0 Å². The molecule has 0 saturated heterocycles. The summed E-state index contributed by atoms with van der Waals surface area (Å²) in [6.07, 6.45) is 4.12. The van der Waals surface area contributed by atoms with Crippen LogP contribution < -0.4 is 5.73 Å². The van der Waals surface area contributed by atoms with Crippen molar-refractivity contribution >= 4 is 11.3 Å². The minimum Gasteiger partial charge on any atom is -0.320 e. The zero-order valence-electron chi connectivity index (χ0n) is 6.99. The van der Waals surface area contributed by atoms with E-state index in [1.807, 2.05) is 11.3 Å². The van der Waals surface area contributed by atoms with E-state index in [9.17, 15) is 0 Å². The monoisotopic (exact) mass is 179 g/mol. The van der Waals surface area contributed by atoms with Crippen LogP contribution in [0.15, 0.2) is 17.5 Å². The van der Waals surface area contributed by atoms with Gasteiger partial charge in [0.2, 0.25) is 0 Å². The second-order valence-corrected chi connectivity index (χ2v) is 5.00. The van der Waals surface area contributed by atoms with Crippen LogP contribution >= 0.6 is 11.3 Å². The molecule has 2 aliphatic rings. The molecule has 2 heteroatoms. The molecule has 3 rings (SSSR count). The average Bonchev–Trinajstić information content (AvgIpc) is 2.62. The molecule has 2 N–H and O–H groups in total. The van der Waals surface area contributed by atoms with Crippen LogP contribution in [0.25, 0.3) is 0 Å². The lowest BCUT2D eigenvalue weighted by Gasteiger charge is -2.12. The van der Waals surface area contributed by atoms with E-state index in [0.29, 0.717) is 0 Å². The fourth-order valence-corrected chi connectivity index (χ4v) is 3.86. The molecule has 0 aliphatic heterocycles. The summed E-state index contributed by atoms with van der Waals surface area (Å²) in [7, 11) is 0. The summed E-state index contributed by atoms with van der Waals surface area (Å²) in [6, 6.07) is 4.31. The molecule has 1 aromatic heterocycles. The van der Waals surface area contributed by atoms with Gasteiger partial charge in [0.1, 0.15) is 0 Å². The van der Waals surface area contributed by atoms with Crippen molar-refractivity contribution in [1.82, 2.24) is 0 Å². The van der Waals surface area contributed by atoms with Crippen molar-refractivity contribution in [3.05, 3.63) is 22.4 Å². The van der Waals surface area contributed by atoms with E-state index in [1.165, 1.54) is 24.1 Å². The van der Waals surface area contributed by atoms with Crippen LogP contribution in [0.2, 0.25) is 0 Å². The van der Waals surface area contributed by atoms with Gasteiger partial charge in [0, 0.05) is 4.88 Å². The molecule has 0 radical (unpaired) electrons. The molecular weight excluding hydrogens is 166 g/mol. The Kier molecular flexibility index (Phi) is 1.25. The topological polar surface area (TPSA) is 26.0 Å². The molecule has 1 nitrogen and oxygen atoms in total. The Bertz CT molecular complexity index is 281. The van der Waals surface area contributed by atoms with Crippen molar-refractivity contribution in [2.75, 3.05) is 0 Å². The predicted molar refractivity (Wildman–Crippen MR) is 51.0 cm³/mol. The maximum absolute atomic E-state index is 6.37. The molecule has 1 heterocycles. The van der Waals surface area contributed by atoms with Crippen LogP contribution in [0.3, 0.4) is 0 Å². The Labute approximate surface area is 76.6 Å². The summed E-state index contributed by atoms with van der Waals surface area (Å²) in [5, 5.41) is 2.14. The second kappa shape index (κ2) is 2.12. The average molecular weight is 179 g/mol. The first-order valence-electron chi connectivity index (χ1n) is 4.66. The molecule has 2 fully saturated rings. The minimum absolute atomic E-state index is 0.104. The van der Waals surface area contributed by atoms with Crippen LogP contribution in [0, 0.1) is 11.8 Å². The van der Waals surface area contributed by atoms with Gasteiger partial charge < -0.3 is 5.73 Å².